The number of methoxy groups -OCH3 is 1. The number of halogens is 1. The molecule has 42 heavy (non-hydrogen) atoms. The number of ether oxygens (including phenoxy) is 3. The molecule has 5 bridgehead atoms. The molecule has 226 valence electrons. The zero-order chi connectivity index (χ0) is 30.2. The molecular formula is C30H36BrN3O8. The average molecular weight is 647 g/mol. The van der Waals surface area contributed by atoms with Gasteiger partial charge in [0.25, 0.3) is 5.91 Å². The molecule has 7 atom stereocenters. The third kappa shape index (κ3) is 5.13. The Morgan fingerprint density at radius 1 is 1.17 bits per heavy atom. The Labute approximate surface area is 253 Å². The van der Waals surface area contributed by atoms with Crippen molar-refractivity contribution >= 4 is 45.3 Å². The summed E-state index contributed by atoms with van der Waals surface area (Å²) in [7, 11) is 1.55. The summed E-state index contributed by atoms with van der Waals surface area (Å²) in [6, 6.07) is 5.14. The molecule has 2 saturated heterocycles. The minimum Gasteiger partial charge on any atom is -0.497 e. The van der Waals surface area contributed by atoms with E-state index in [0.717, 1.165) is 0 Å². The molecule has 0 aromatic heterocycles. The number of nitrogens with one attached hydrogen (secondary N) is 1. The number of benzene rings is 1. The lowest BCUT2D eigenvalue weighted by molar-refractivity contribution is -0.159. The van der Waals surface area contributed by atoms with Gasteiger partial charge in [-0.05, 0) is 50.1 Å². The molecule has 1 aromatic rings. The van der Waals surface area contributed by atoms with Crippen LogP contribution in [0.15, 0.2) is 47.0 Å². The number of anilines is 1. The van der Waals surface area contributed by atoms with Crippen molar-refractivity contribution in [1.82, 2.24) is 10.2 Å². The van der Waals surface area contributed by atoms with Gasteiger partial charge in [0.05, 0.1) is 32.2 Å². The smallest absolute Gasteiger partial charge is 0.313 e. The summed E-state index contributed by atoms with van der Waals surface area (Å²) >= 11 is 3.53. The molecule has 0 saturated carbocycles. The van der Waals surface area contributed by atoms with Gasteiger partial charge >= 0.3 is 5.97 Å². The second kappa shape index (κ2) is 12.2. The van der Waals surface area contributed by atoms with Gasteiger partial charge in [0.2, 0.25) is 11.8 Å². The second-order valence-electron chi connectivity index (χ2n) is 11.0. The number of cyclic esters (lactones) is 1. The van der Waals surface area contributed by atoms with Crippen molar-refractivity contribution in [2.24, 2.45) is 11.8 Å². The van der Waals surface area contributed by atoms with Gasteiger partial charge in [0.1, 0.15) is 35.5 Å². The van der Waals surface area contributed by atoms with Crippen LogP contribution in [-0.2, 0) is 28.7 Å². The standard InChI is InChI=1S/C30H36BrN3O8/c1-4-18(16-35)34-26-28(38)33(19-9-11-20(40-3)12-10-19)13-7-5-6-8-22(36)32-15-17(2)41-29(39)23-24(27(34)37)30(26)14-21(31)25(23)42-30/h5,7,9-12,14,17-18,23-26,35H,4,6,8,13,15-16H2,1-3H3,(H,32,36)/b7-5-/t17-,18-,23+,24-,25+,26+,30-/m0/s1. The van der Waals surface area contributed by atoms with Crippen LogP contribution in [0, 0.1) is 11.8 Å². The molecule has 4 heterocycles. The summed E-state index contributed by atoms with van der Waals surface area (Å²) < 4.78 is 18.1. The molecule has 0 aliphatic carbocycles. The predicted octanol–water partition coefficient (Wildman–Crippen LogP) is 2.07. The Hall–Kier alpha value is -3.22. The molecule has 1 aromatic carbocycles. The van der Waals surface area contributed by atoms with E-state index in [0.29, 0.717) is 28.8 Å². The fourth-order valence-corrected chi connectivity index (χ4v) is 7.16. The molecule has 3 amide bonds. The van der Waals surface area contributed by atoms with E-state index < -0.39 is 59.5 Å². The van der Waals surface area contributed by atoms with Gasteiger partial charge in [-0.1, -0.05) is 35.0 Å². The van der Waals surface area contributed by atoms with Crippen molar-refractivity contribution in [3.05, 3.63) is 47.0 Å². The lowest BCUT2D eigenvalue weighted by Crippen LogP contribution is -2.58. The minimum atomic E-state index is -1.45. The Balaban J connectivity index is 1.64. The fraction of sp³-hybridized carbons (Fsp3) is 0.533. The zero-order valence-electron chi connectivity index (χ0n) is 23.8. The normalized spacial score (nSPS) is 33.2. The van der Waals surface area contributed by atoms with Crippen molar-refractivity contribution in [3.63, 3.8) is 0 Å². The van der Waals surface area contributed by atoms with E-state index in [2.05, 4.69) is 21.2 Å². The number of likely N-dealkylation sites (tertiary alicyclic amines) is 1. The van der Waals surface area contributed by atoms with E-state index in [1.165, 1.54) is 4.90 Å². The number of hydrogen-bond acceptors (Lipinski definition) is 8. The Morgan fingerprint density at radius 3 is 2.57 bits per heavy atom. The number of hydrogen-bond donors (Lipinski definition) is 2. The number of fused-ring (bicyclic) bond motifs is 2. The summed E-state index contributed by atoms with van der Waals surface area (Å²) in [5, 5.41) is 13.1. The van der Waals surface area contributed by atoms with E-state index in [1.54, 1.807) is 49.3 Å². The number of aliphatic hydroxyl groups is 1. The molecule has 12 heteroatoms. The average Bonchev–Trinajstić information content (AvgIpc) is 3.57. The van der Waals surface area contributed by atoms with Gasteiger partial charge in [0.15, 0.2) is 0 Å². The Morgan fingerprint density at radius 2 is 1.90 bits per heavy atom. The third-order valence-electron chi connectivity index (χ3n) is 8.49. The number of amides is 3. The third-order valence-corrected chi connectivity index (χ3v) is 9.17. The Kier molecular flexibility index (Phi) is 8.77. The summed E-state index contributed by atoms with van der Waals surface area (Å²) in [5.74, 6) is -3.14. The van der Waals surface area contributed by atoms with Crippen molar-refractivity contribution in [2.45, 2.75) is 63.0 Å². The molecule has 0 radical (unpaired) electrons. The summed E-state index contributed by atoms with van der Waals surface area (Å²) in [6.07, 6.45) is 4.97. The molecular weight excluding hydrogens is 610 g/mol. The van der Waals surface area contributed by atoms with Gasteiger partial charge in [-0.2, -0.15) is 0 Å². The summed E-state index contributed by atoms with van der Waals surface area (Å²) in [6.45, 7) is 3.40. The van der Waals surface area contributed by atoms with E-state index in [4.69, 9.17) is 14.2 Å². The lowest BCUT2D eigenvalue weighted by Gasteiger charge is -2.38. The van der Waals surface area contributed by atoms with Crippen molar-refractivity contribution in [1.29, 1.82) is 0 Å². The first-order valence-corrected chi connectivity index (χ1v) is 15.0. The molecule has 4 aliphatic heterocycles. The van der Waals surface area contributed by atoms with Crippen LogP contribution in [0.25, 0.3) is 0 Å². The second-order valence-corrected chi connectivity index (χ2v) is 11.9. The highest BCUT2D eigenvalue weighted by molar-refractivity contribution is 9.11. The maximum Gasteiger partial charge on any atom is 0.313 e. The van der Waals surface area contributed by atoms with Gasteiger partial charge in [-0.25, -0.2) is 0 Å². The van der Waals surface area contributed by atoms with Crippen LogP contribution in [0.4, 0.5) is 5.69 Å². The first kappa shape index (κ1) is 30.2. The van der Waals surface area contributed by atoms with Gasteiger partial charge < -0.3 is 34.4 Å². The first-order chi connectivity index (χ1) is 20.2. The van der Waals surface area contributed by atoms with Gasteiger partial charge in [0, 0.05) is 23.1 Å². The topological polar surface area (TPSA) is 135 Å². The van der Waals surface area contributed by atoms with E-state index >= 15 is 0 Å². The number of aliphatic hydroxyl groups excluding tert-OH is 1. The molecule has 1 spiro atoms. The molecule has 0 unspecified atom stereocenters. The maximum atomic E-state index is 14.7. The summed E-state index contributed by atoms with van der Waals surface area (Å²) in [4.78, 5) is 58.0. The Bertz CT molecular complexity index is 1300. The van der Waals surface area contributed by atoms with Crippen molar-refractivity contribution in [2.75, 3.05) is 31.7 Å². The number of esters is 1. The summed E-state index contributed by atoms with van der Waals surface area (Å²) in [5.41, 5.74) is -0.894. The maximum absolute atomic E-state index is 14.7. The highest BCUT2D eigenvalue weighted by Gasteiger charge is 2.75. The van der Waals surface area contributed by atoms with Crippen molar-refractivity contribution in [3.8, 4) is 5.75 Å². The van der Waals surface area contributed by atoms with Crippen LogP contribution >= 0.6 is 15.9 Å². The molecule has 2 N–H and O–H groups in total. The predicted molar refractivity (Wildman–Crippen MR) is 156 cm³/mol. The van der Waals surface area contributed by atoms with E-state index in [9.17, 15) is 24.3 Å². The number of nitrogens with zero attached hydrogens (tertiary/aromatic N) is 2. The molecule has 2 fully saturated rings. The van der Waals surface area contributed by atoms with Gasteiger partial charge in [-0.3, -0.25) is 19.2 Å². The van der Waals surface area contributed by atoms with Crippen LogP contribution in [-0.4, -0.2) is 90.4 Å². The molecule has 11 nitrogen and oxygen atoms in total. The highest BCUT2D eigenvalue weighted by atomic mass is 79.9. The van der Waals surface area contributed by atoms with Crippen LogP contribution < -0.4 is 15.0 Å². The van der Waals surface area contributed by atoms with Gasteiger partial charge in [-0.15, -0.1) is 0 Å². The number of carbonyl (C=O) groups excluding carboxylic acids is 4. The largest absolute Gasteiger partial charge is 0.497 e. The monoisotopic (exact) mass is 645 g/mol. The van der Waals surface area contributed by atoms with Crippen LogP contribution in [0.2, 0.25) is 0 Å². The van der Waals surface area contributed by atoms with E-state index in [1.807, 2.05) is 19.1 Å². The van der Waals surface area contributed by atoms with Crippen LogP contribution in [0.3, 0.4) is 0 Å². The number of carbonyl (C=O) groups is 4. The number of allylic oxidation sites excluding steroid dienone is 1. The number of rotatable bonds is 5. The zero-order valence-corrected chi connectivity index (χ0v) is 25.4. The molecule has 5 rings (SSSR count). The lowest BCUT2D eigenvalue weighted by atomic mass is 9.74. The van der Waals surface area contributed by atoms with Crippen LogP contribution in [0.5, 0.6) is 5.75 Å². The minimum absolute atomic E-state index is 0.119. The quantitative estimate of drug-likeness (QED) is 0.367. The SMILES string of the molecule is CC[C@@H](CO)N1C(=O)[C@@H]2[C@H]3C(=O)O[C@@H](C)CNC(=O)CC/C=C\CN(c4ccc(OC)cc4)C(=O)[C@@H]1[C@]21C=C(Br)[C@H]3O1. The first-order valence-electron chi connectivity index (χ1n) is 14.2. The fourth-order valence-electron chi connectivity index (χ4n) is 6.42. The van der Waals surface area contributed by atoms with Crippen molar-refractivity contribution < 1.29 is 38.5 Å². The van der Waals surface area contributed by atoms with Crippen LogP contribution in [0.1, 0.15) is 33.1 Å². The highest BCUT2D eigenvalue weighted by Crippen LogP contribution is 2.59. The molecule has 4 aliphatic rings. The van der Waals surface area contributed by atoms with E-state index in [-0.39, 0.29) is 32.0 Å².